The van der Waals surface area contributed by atoms with Gasteiger partial charge in [0.25, 0.3) is 0 Å². The number of aliphatic imine (C=N–C) groups is 1. The zero-order chi connectivity index (χ0) is 11.9. The summed E-state index contributed by atoms with van der Waals surface area (Å²) >= 11 is 0. The van der Waals surface area contributed by atoms with Crippen LogP contribution in [0.2, 0.25) is 0 Å². The molecule has 1 atom stereocenters. The standard InChI is InChI=1S/C10H22N4O2/c1-3-5-12-9(14-11)13-7-10(15-2)4-6-16-8-10/h3-8,11H2,1-2H3,(H2,12,13,14). The van der Waals surface area contributed by atoms with E-state index in [-0.39, 0.29) is 5.60 Å². The second-order valence-electron chi connectivity index (χ2n) is 3.93. The largest absolute Gasteiger partial charge is 0.378 e. The van der Waals surface area contributed by atoms with Crippen molar-refractivity contribution < 1.29 is 9.47 Å². The number of hydrogen-bond donors (Lipinski definition) is 3. The zero-order valence-electron chi connectivity index (χ0n) is 10.1. The van der Waals surface area contributed by atoms with Gasteiger partial charge in [-0.05, 0) is 6.42 Å². The second kappa shape index (κ2) is 6.67. The predicted octanol–water partition coefficient (Wildman–Crippen LogP) is -0.389. The number of nitrogens with one attached hydrogen (secondary N) is 2. The Morgan fingerprint density at radius 1 is 1.62 bits per heavy atom. The van der Waals surface area contributed by atoms with Gasteiger partial charge in [0, 0.05) is 26.7 Å². The van der Waals surface area contributed by atoms with Crippen LogP contribution in [0.5, 0.6) is 0 Å². The molecule has 0 aliphatic carbocycles. The molecule has 0 aromatic rings. The normalized spacial score (nSPS) is 25.8. The van der Waals surface area contributed by atoms with E-state index < -0.39 is 0 Å². The molecule has 1 aliphatic rings. The van der Waals surface area contributed by atoms with Crippen LogP contribution in [0.15, 0.2) is 4.99 Å². The van der Waals surface area contributed by atoms with Crippen LogP contribution in [0.4, 0.5) is 0 Å². The molecule has 6 heteroatoms. The molecule has 1 heterocycles. The highest BCUT2D eigenvalue weighted by atomic mass is 16.5. The number of ether oxygens (including phenoxy) is 2. The third-order valence-electron chi connectivity index (χ3n) is 2.70. The molecule has 1 saturated heterocycles. The summed E-state index contributed by atoms with van der Waals surface area (Å²) < 4.78 is 10.8. The number of nitrogens with two attached hydrogens (primary N) is 1. The predicted molar refractivity (Wildman–Crippen MR) is 63.1 cm³/mol. The first kappa shape index (κ1) is 13.2. The monoisotopic (exact) mass is 230 g/mol. The minimum atomic E-state index is -0.282. The van der Waals surface area contributed by atoms with Crippen molar-refractivity contribution in [2.75, 3.05) is 33.4 Å². The van der Waals surface area contributed by atoms with Crippen LogP contribution in [-0.2, 0) is 9.47 Å². The molecule has 16 heavy (non-hydrogen) atoms. The van der Waals surface area contributed by atoms with Gasteiger partial charge in [-0.3, -0.25) is 5.43 Å². The minimum Gasteiger partial charge on any atom is -0.378 e. The SMILES string of the molecule is CCCNC(=NCC1(OC)CCOC1)NN. The van der Waals surface area contributed by atoms with Crippen LogP contribution in [0.3, 0.4) is 0 Å². The van der Waals surface area contributed by atoms with Gasteiger partial charge in [0.1, 0.15) is 5.60 Å². The fourth-order valence-electron chi connectivity index (χ4n) is 1.56. The summed E-state index contributed by atoms with van der Waals surface area (Å²) in [4.78, 5) is 4.37. The Bertz CT molecular complexity index is 227. The van der Waals surface area contributed by atoms with Crippen LogP contribution in [-0.4, -0.2) is 45.0 Å². The van der Waals surface area contributed by atoms with E-state index in [4.69, 9.17) is 15.3 Å². The molecule has 4 N–H and O–H groups in total. The van der Waals surface area contributed by atoms with E-state index in [2.05, 4.69) is 22.7 Å². The Labute approximate surface area is 96.6 Å². The molecule has 94 valence electrons. The molecule has 1 unspecified atom stereocenters. The van der Waals surface area contributed by atoms with E-state index in [0.29, 0.717) is 19.1 Å². The number of hydrogen-bond acceptors (Lipinski definition) is 4. The quantitative estimate of drug-likeness (QED) is 0.259. The van der Waals surface area contributed by atoms with Crippen molar-refractivity contribution >= 4 is 5.96 Å². The topological polar surface area (TPSA) is 80.9 Å². The summed E-state index contributed by atoms with van der Waals surface area (Å²) in [6, 6.07) is 0. The van der Waals surface area contributed by atoms with Gasteiger partial charge in [-0.15, -0.1) is 0 Å². The average molecular weight is 230 g/mol. The van der Waals surface area contributed by atoms with E-state index in [0.717, 1.165) is 26.0 Å². The third kappa shape index (κ3) is 3.62. The highest BCUT2D eigenvalue weighted by molar-refractivity contribution is 5.79. The molecule has 0 saturated carbocycles. The average Bonchev–Trinajstić information content (AvgIpc) is 2.79. The van der Waals surface area contributed by atoms with Gasteiger partial charge >= 0.3 is 0 Å². The highest BCUT2D eigenvalue weighted by Gasteiger charge is 2.34. The lowest BCUT2D eigenvalue weighted by Gasteiger charge is -2.23. The lowest BCUT2D eigenvalue weighted by atomic mass is 10.0. The molecule has 0 spiro atoms. The summed E-state index contributed by atoms with van der Waals surface area (Å²) in [6.45, 7) is 4.82. The molecule has 0 bridgehead atoms. The molecule has 0 radical (unpaired) electrons. The first-order valence-electron chi connectivity index (χ1n) is 5.64. The first-order valence-corrected chi connectivity index (χ1v) is 5.64. The summed E-state index contributed by atoms with van der Waals surface area (Å²) in [5.74, 6) is 5.97. The van der Waals surface area contributed by atoms with Crippen LogP contribution in [0, 0.1) is 0 Å². The van der Waals surface area contributed by atoms with Crippen LogP contribution >= 0.6 is 0 Å². The summed E-state index contributed by atoms with van der Waals surface area (Å²) in [5, 5.41) is 3.10. The minimum absolute atomic E-state index is 0.282. The van der Waals surface area contributed by atoms with E-state index in [9.17, 15) is 0 Å². The Morgan fingerprint density at radius 3 is 2.94 bits per heavy atom. The van der Waals surface area contributed by atoms with Gasteiger partial charge in [0.2, 0.25) is 5.96 Å². The van der Waals surface area contributed by atoms with E-state index in [1.165, 1.54) is 0 Å². The van der Waals surface area contributed by atoms with Gasteiger partial charge < -0.3 is 14.8 Å². The maximum atomic E-state index is 5.47. The van der Waals surface area contributed by atoms with Crippen molar-refractivity contribution in [2.24, 2.45) is 10.8 Å². The Hall–Kier alpha value is -0.850. The van der Waals surface area contributed by atoms with Crippen LogP contribution in [0.1, 0.15) is 19.8 Å². The van der Waals surface area contributed by atoms with Gasteiger partial charge in [0.15, 0.2) is 0 Å². The van der Waals surface area contributed by atoms with E-state index >= 15 is 0 Å². The summed E-state index contributed by atoms with van der Waals surface area (Å²) in [7, 11) is 1.69. The van der Waals surface area contributed by atoms with Gasteiger partial charge in [0.05, 0.1) is 13.2 Å². The fourth-order valence-corrected chi connectivity index (χ4v) is 1.56. The summed E-state index contributed by atoms with van der Waals surface area (Å²) in [5.41, 5.74) is 2.26. The van der Waals surface area contributed by atoms with Crippen molar-refractivity contribution in [3.8, 4) is 0 Å². The Morgan fingerprint density at radius 2 is 2.44 bits per heavy atom. The van der Waals surface area contributed by atoms with E-state index in [1.807, 2.05) is 0 Å². The maximum Gasteiger partial charge on any atom is 0.205 e. The lowest BCUT2D eigenvalue weighted by Crippen LogP contribution is -2.44. The molecule has 0 aromatic heterocycles. The van der Waals surface area contributed by atoms with Crippen LogP contribution < -0.4 is 16.6 Å². The van der Waals surface area contributed by atoms with Gasteiger partial charge in [-0.1, -0.05) is 6.92 Å². The molecule has 6 nitrogen and oxygen atoms in total. The van der Waals surface area contributed by atoms with Crippen molar-refractivity contribution in [3.63, 3.8) is 0 Å². The van der Waals surface area contributed by atoms with Crippen molar-refractivity contribution in [1.82, 2.24) is 10.7 Å². The number of rotatable bonds is 5. The molecule has 1 fully saturated rings. The van der Waals surface area contributed by atoms with Gasteiger partial charge in [-0.25, -0.2) is 10.8 Å². The molecule has 0 amide bonds. The number of methoxy groups -OCH3 is 1. The second-order valence-corrected chi connectivity index (χ2v) is 3.93. The third-order valence-corrected chi connectivity index (χ3v) is 2.70. The van der Waals surface area contributed by atoms with E-state index in [1.54, 1.807) is 7.11 Å². The lowest BCUT2D eigenvalue weighted by molar-refractivity contribution is -0.00908. The maximum absolute atomic E-state index is 5.47. The van der Waals surface area contributed by atoms with Crippen molar-refractivity contribution in [3.05, 3.63) is 0 Å². The Kier molecular flexibility index (Phi) is 5.51. The Balaban J connectivity index is 2.47. The van der Waals surface area contributed by atoms with Crippen molar-refractivity contribution in [2.45, 2.75) is 25.4 Å². The molecule has 0 aromatic carbocycles. The number of guanidine groups is 1. The molecular weight excluding hydrogens is 208 g/mol. The summed E-state index contributed by atoms with van der Waals surface area (Å²) in [6.07, 6.45) is 1.90. The number of hydrazine groups is 1. The van der Waals surface area contributed by atoms with Gasteiger partial charge in [-0.2, -0.15) is 0 Å². The molecule has 1 aliphatic heterocycles. The van der Waals surface area contributed by atoms with Crippen molar-refractivity contribution in [1.29, 1.82) is 0 Å². The zero-order valence-corrected chi connectivity index (χ0v) is 10.1. The van der Waals surface area contributed by atoms with Crippen LogP contribution in [0.25, 0.3) is 0 Å². The molecular formula is C10H22N4O2. The first-order chi connectivity index (χ1) is 7.76. The number of nitrogens with zero attached hydrogens (tertiary/aromatic N) is 1. The highest BCUT2D eigenvalue weighted by Crippen LogP contribution is 2.22. The fraction of sp³-hybridized carbons (Fsp3) is 0.900. The molecule has 1 rings (SSSR count). The smallest absolute Gasteiger partial charge is 0.205 e.